The molecule has 2 aromatic rings. The van der Waals surface area contributed by atoms with Gasteiger partial charge in [-0.2, -0.15) is 0 Å². The van der Waals surface area contributed by atoms with Gasteiger partial charge < -0.3 is 4.98 Å². The Bertz CT molecular complexity index is 735. The molecule has 98 valence electrons. The zero-order valence-corrected chi connectivity index (χ0v) is 11.0. The second-order valence-electron chi connectivity index (χ2n) is 5.31. The molecule has 1 aliphatic carbocycles. The molecule has 0 amide bonds. The minimum atomic E-state index is -0.417. The molecule has 0 radical (unpaired) electrons. The molecule has 2 N–H and O–H groups in total. The molecule has 0 bridgehead atoms. The normalized spacial score (nSPS) is 17.5. The highest BCUT2D eigenvalue weighted by Gasteiger charge is 2.27. The molecular formula is C15H16N2O2. The molecule has 1 unspecified atom stereocenters. The summed E-state index contributed by atoms with van der Waals surface area (Å²) in [5, 5.41) is 0. The Kier molecular flexibility index (Phi) is 2.66. The van der Waals surface area contributed by atoms with Crippen molar-refractivity contribution < 1.29 is 0 Å². The van der Waals surface area contributed by atoms with Crippen LogP contribution in [0.3, 0.4) is 0 Å². The van der Waals surface area contributed by atoms with Gasteiger partial charge in [0.1, 0.15) is 0 Å². The van der Waals surface area contributed by atoms with Crippen LogP contribution < -0.4 is 11.2 Å². The topological polar surface area (TPSA) is 65.7 Å². The third-order valence-electron chi connectivity index (χ3n) is 3.75. The molecule has 1 heterocycles. The van der Waals surface area contributed by atoms with Gasteiger partial charge in [0.15, 0.2) is 0 Å². The number of aromatic amines is 2. The van der Waals surface area contributed by atoms with Crippen LogP contribution in [-0.4, -0.2) is 9.97 Å². The van der Waals surface area contributed by atoms with Crippen LogP contribution in [0.25, 0.3) is 0 Å². The van der Waals surface area contributed by atoms with E-state index < -0.39 is 5.69 Å². The maximum absolute atomic E-state index is 11.8. The van der Waals surface area contributed by atoms with Crippen molar-refractivity contribution in [3.8, 4) is 0 Å². The highest BCUT2D eigenvalue weighted by atomic mass is 16.2. The molecule has 0 saturated carbocycles. The van der Waals surface area contributed by atoms with Crippen LogP contribution in [-0.2, 0) is 6.42 Å². The van der Waals surface area contributed by atoms with E-state index in [-0.39, 0.29) is 11.5 Å². The van der Waals surface area contributed by atoms with Crippen molar-refractivity contribution in [2.45, 2.75) is 32.6 Å². The lowest BCUT2D eigenvalue weighted by atomic mass is 9.93. The first-order chi connectivity index (χ1) is 9.04. The number of aryl methyl sites for hydroxylation is 2. The molecule has 0 aliphatic heterocycles. The van der Waals surface area contributed by atoms with E-state index >= 15 is 0 Å². The van der Waals surface area contributed by atoms with Crippen molar-refractivity contribution in [3.05, 3.63) is 67.0 Å². The lowest BCUT2D eigenvalue weighted by Crippen LogP contribution is -2.26. The van der Waals surface area contributed by atoms with Crippen LogP contribution in [0.5, 0.6) is 0 Å². The van der Waals surface area contributed by atoms with Crippen molar-refractivity contribution in [1.82, 2.24) is 9.97 Å². The summed E-state index contributed by atoms with van der Waals surface area (Å²) < 4.78 is 0. The average Bonchev–Trinajstić information content (AvgIpc) is 2.71. The molecule has 0 saturated heterocycles. The molecule has 1 aliphatic rings. The average molecular weight is 256 g/mol. The minimum Gasteiger partial charge on any atom is -0.310 e. The van der Waals surface area contributed by atoms with Crippen molar-refractivity contribution in [1.29, 1.82) is 0 Å². The summed E-state index contributed by atoms with van der Waals surface area (Å²) in [5.41, 5.74) is 4.44. The van der Waals surface area contributed by atoms with Crippen LogP contribution in [0, 0.1) is 13.8 Å². The Morgan fingerprint density at radius 3 is 2.42 bits per heavy atom. The van der Waals surface area contributed by atoms with E-state index in [9.17, 15) is 9.59 Å². The first kappa shape index (κ1) is 12.0. The third-order valence-corrected chi connectivity index (χ3v) is 3.75. The van der Waals surface area contributed by atoms with Gasteiger partial charge in [-0.05, 0) is 32.3 Å². The van der Waals surface area contributed by atoms with E-state index in [0.717, 1.165) is 24.1 Å². The number of benzene rings is 1. The summed E-state index contributed by atoms with van der Waals surface area (Å²) in [4.78, 5) is 28.3. The van der Waals surface area contributed by atoms with Gasteiger partial charge in [-0.15, -0.1) is 0 Å². The summed E-state index contributed by atoms with van der Waals surface area (Å²) in [5.74, 6) is 0.128. The highest BCUT2D eigenvalue weighted by molar-refractivity contribution is 5.40. The van der Waals surface area contributed by atoms with Gasteiger partial charge in [0.05, 0.1) is 0 Å². The lowest BCUT2D eigenvalue weighted by Gasteiger charge is -2.13. The molecule has 19 heavy (non-hydrogen) atoms. The summed E-state index contributed by atoms with van der Waals surface area (Å²) in [6.07, 6.45) is 1.60. The fourth-order valence-corrected chi connectivity index (χ4v) is 3.05. The zero-order valence-electron chi connectivity index (χ0n) is 11.0. The summed E-state index contributed by atoms with van der Waals surface area (Å²) in [6.45, 7) is 4.12. The summed E-state index contributed by atoms with van der Waals surface area (Å²) >= 11 is 0. The molecule has 0 fully saturated rings. The maximum Gasteiger partial charge on any atom is 0.325 e. The molecule has 4 heteroatoms. The van der Waals surface area contributed by atoms with Crippen molar-refractivity contribution in [2.24, 2.45) is 0 Å². The summed E-state index contributed by atoms with van der Waals surface area (Å²) in [7, 11) is 0. The van der Waals surface area contributed by atoms with Crippen molar-refractivity contribution >= 4 is 0 Å². The van der Waals surface area contributed by atoms with Gasteiger partial charge in [0, 0.05) is 17.2 Å². The van der Waals surface area contributed by atoms with Crippen LogP contribution in [0.2, 0.25) is 0 Å². The number of hydrogen-bond acceptors (Lipinski definition) is 2. The first-order valence-electron chi connectivity index (χ1n) is 6.48. The summed E-state index contributed by atoms with van der Waals surface area (Å²) in [6, 6.07) is 6.39. The van der Waals surface area contributed by atoms with Gasteiger partial charge in [-0.25, -0.2) is 4.79 Å². The SMILES string of the molecule is Cc1cc(C)cc(C2CCc3c2[nH]c(=O)[nH]c3=O)c1. The Hall–Kier alpha value is -2.10. The Morgan fingerprint density at radius 1 is 1.05 bits per heavy atom. The predicted molar refractivity (Wildman–Crippen MR) is 73.8 cm³/mol. The van der Waals surface area contributed by atoms with E-state index in [1.807, 2.05) is 0 Å². The van der Waals surface area contributed by atoms with E-state index in [1.54, 1.807) is 0 Å². The van der Waals surface area contributed by atoms with E-state index in [2.05, 4.69) is 42.0 Å². The zero-order chi connectivity index (χ0) is 13.6. The standard InChI is InChI=1S/C15H16N2O2/c1-8-5-9(2)7-10(6-8)11-3-4-12-13(11)16-15(19)17-14(12)18/h5-7,11H,3-4H2,1-2H3,(H2,16,17,18,19). The minimum absolute atomic E-state index is 0.128. The van der Waals surface area contributed by atoms with Crippen LogP contribution >= 0.6 is 0 Å². The smallest absolute Gasteiger partial charge is 0.310 e. The quantitative estimate of drug-likeness (QED) is 0.816. The molecular weight excluding hydrogens is 240 g/mol. The van der Waals surface area contributed by atoms with E-state index in [1.165, 1.54) is 16.7 Å². The van der Waals surface area contributed by atoms with Gasteiger partial charge in [0.25, 0.3) is 5.56 Å². The molecule has 1 aromatic heterocycles. The largest absolute Gasteiger partial charge is 0.325 e. The van der Waals surface area contributed by atoms with Crippen molar-refractivity contribution in [2.75, 3.05) is 0 Å². The second-order valence-corrected chi connectivity index (χ2v) is 5.31. The molecule has 1 atom stereocenters. The number of nitrogens with one attached hydrogen (secondary N) is 2. The molecule has 0 spiro atoms. The highest BCUT2D eigenvalue weighted by Crippen LogP contribution is 2.35. The third kappa shape index (κ3) is 2.03. The predicted octanol–water partition coefficient (Wildman–Crippen LogP) is 1.76. The van der Waals surface area contributed by atoms with Gasteiger partial charge >= 0.3 is 5.69 Å². The van der Waals surface area contributed by atoms with Gasteiger partial charge in [0.2, 0.25) is 0 Å². The van der Waals surface area contributed by atoms with E-state index in [0.29, 0.717) is 0 Å². The maximum atomic E-state index is 11.8. The van der Waals surface area contributed by atoms with Crippen LogP contribution in [0.1, 0.15) is 40.3 Å². The van der Waals surface area contributed by atoms with Crippen molar-refractivity contribution in [3.63, 3.8) is 0 Å². The fourth-order valence-electron chi connectivity index (χ4n) is 3.05. The Morgan fingerprint density at radius 2 is 1.74 bits per heavy atom. The number of aromatic nitrogens is 2. The number of hydrogen-bond donors (Lipinski definition) is 2. The monoisotopic (exact) mass is 256 g/mol. The van der Waals surface area contributed by atoms with Crippen LogP contribution in [0.4, 0.5) is 0 Å². The van der Waals surface area contributed by atoms with Gasteiger partial charge in [-0.3, -0.25) is 9.78 Å². The lowest BCUT2D eigenvalue weighted by molar-refractivity contribution is 0.766. The molecule has 4 nitrogen and oxygen atoms in total. The van der Waals surface area contributed by atoms with Gasteiger partial charge in [-0.1, -0.05) is 29.3 Å². The fraction of sp³-hybridized carbons (Fsp3) is 0.333. The molecule has 1 aromatic carbocycles. The Balaban J connectivity index is 2.17. The number of fused-ring (bicyclic) bond motifs is 1. The van der Waals surface area contributed by atoms with E-state index in [4.69, 9.17) is 0 Å². The molecule has 3 rings (SSSR count). The van der Waals surface area contributed by atoms with Crippen LogP contribution in [0.15, 0.2) is 27.8 Å². The number of rotatable bonds is 1. The Labute approximate surface area is 110 Å². The first-order valence-corrected chi connectivity index (χ1v) is 6.48. The second kappa shape index (κ2) is 4.23. The number of H-pyrrole nitrogens is 2.